The molecule has 130 valence electrons. The number of fused-ring (bicyclic) bond motifs is 3. The van der Waals surface area contributed by atoms with Gasteiger partial charge in [0, 0.05) is 0 Å². The summed E-state index contributed by atoms with van der Waals surface area (Å²) in [6.07, 6.45) is 0.589. The molecule has 1 fully saturated rings. The van der Waals surface area contributed by atoms with Crippen LogP contribution in [0.2, 0.25) is 0 Å². The average molecular weight is 335 g/mol. The third-order valence-corrected chi connectivity index (χ3v) is 6.25. The van der Waals surface area contributed by atoms with E-state index in [9.17, 15) is 4.79 Å². The predicted octanol–water partition coefficient (Wildman–Crippen LogP) is 4.99. The first-order valence-corrected chi connectivity index (χ1v) is 8.92. The Morgan fingerprint density at radius 3 is 2.20 bits per heavy atom. The number of ether oxygens (including phenoxy) is 1. The summed E-state index contributed by atoms with van der Waals surface area (Å²) in [5, 5.41) is 0. The van der Waals surface area contributed by atoms with Crippen LogP contribution in [0.25, 0.3) is 0 Å². The van der Waals surface area contributed by atoms with E-state index in [0.717, 1.165) is 12.0 Å². The maximum Gasteiger partial charge on any atom is 0.411 e. The molecule has 0 saturated carbocycles. The standard InChI is InChI=1S/C22H25NO2/c1-20(2)15-21(3)22(4,18-13-9-8-12-17(18)20)23(19(24)25-21)14-16-10-6-5-7-11-16/h5-13H,14-15H2,1-4H3/t21-,22-/m0/s1. The van der Waals surface area contributed by atoms with E-state index in [0.29, 0.717) is 6.54 Å². The topological polar surface area (TPSA) is 29.5 Å². The van der Waals surface area contributed by atoms with Crippen molar-refractivity contribution in [1.29, 1.82) is 0 Å². The highest BCUT2D eigenvalue weighted by Gasteiger charge is 2.65. The minimum atomic E-state index is -0.545. The van der Waals surface area contributed by atoms with Crippen LogP contribution < -0.4 is 0 Å². The number of rotatable bonds is 2. The summed E-state index contributed by atoms with van der Waals surface area (Å²) in [5.41, 5.74) is 2.57. The zero-order valence-electron chi connectivity index (χ0n) is 15.4. The number of amides is 1. The van der Waals surface area contributed by atoms with Crippen molar-refractivity contribution in [2.45, 2.75) is 57.2 Å². The molecule has 0 radical (unpaired) electrons. The SMILES string of the molecule is CC1(C)C[C@]2(C)OC(=O)N(Cc3ccccc3)[C@@]2(C)c2ccccc21. The molecule has 0 spiro atoms. The van der Waals surface area contributed by atoms with Crippen LogP contribution in [-0.2, 0) is 22.2 Å². The van der Waals surface area contributed by atoms with Gasteiger partial charge >= 0.3 is 6.09 Å². The van der Waals surface area contributed by atoms with Crippen LogP contribution in [0.15, 0.2) is 54.6 Å². The van der Waals surface area contributed by atoms with Crippen LogP contribution >= 0.6 is 0 Å². The lowest BCUT2D eigenvalue weighted by Crippen LogP contribution is -2.58. The van der Waals surface area contributed by atoms with Gasteiger partial charge in [-0.3, -0.25) is 4.90 Å². The minimum absolute atomic E-state index is 0.0338. The molecule has 0 aromatic heterocycles. The van der Waals surface area contributed by atoms with Crippen molar-refractivity contribution >= 4 is 6.09 Å². The summed E-state index contributed by atoms with van der Waals surface area (Å²) in [6, 6.07) is 18.7. The first kappa shape index (κ1) is 16.2. The molecule has 1 aliphatic heterocycles. The van der Waals surface area contributed by atoms with Gasteiger partial charge in [-0.05, 0) is 42.4 Å². The van der Waals surface area contributed by atoms with E-state index in [-0.39, 0.29) is 11.5 Å². The molecule has 2 aromatic rings. The van der Waals surface area contributed by atoms with Gasteiger partial charge in [-0.2, -0.15) is 0 Å². The van der Waals surface area contributed by atoms with Crippen molar-refractivity contribution in [1.82, 2.24) is 4.90 Å². The van der Waals surface area contributed by atoms with E-state index >= 15 is 0 Å². The average Bonchev–Trinajstić information content (AvgIpc) is 2.76. The summed E-state index contributed by atoms with van der Waals surface area (Å²) in [7, 11) is 0. The molecular formula is C22H25NO2. The normalized spacial score (nSPS) is 29.8. The second-order valence-electron chi connectivity index (χ2n) is 8.35. The first-order valence-electron chi connectivity index (χ1n) is 8.92. The fourth-order valence-electron chi connectivity index (χ4n) is 4.88. The van der Waals surface area contributed by atoms with E-state index in [2.05, 4.69) is 64.1 Å². The van der Waals surface area contributed by atoms with Crippen molar-refractivity contribution < 1.29 is 9.53 Å². The summed E-state index contributed by atoms with van der Waals surface area (Å²) < 4.78 is 6.02. The van der Waals surface area contributed by atoms with Crippen molar-refractivity contribution in [2.24, 2.45) is 0 Å². The Morgan fingerprint density at radius 1 is 0.920 bits per heavy atom. The minimum Gasteiger partial charge on any atom is -0.440 e. The third kappa shape index (κ3) is 2.14. The van der Waals surface area contributed by atoms with E-state index in [4.69, 9.17) is 4.74 Å². The van der Waals surface area contributed by atoms with Crippen LogP contribution in [-0.4, -0.2) is 16.6 Å². The lowest BCUT2D eigenvalue weighted by atomic mass is 9.59. The molecular weight excluding hydrogens is 310 g/mol. The maximum absolute atomic E-state index is 12.9. The zero-order chi connectivity index (χ0) is 17.9. The van der Waals surface area contributed by atoms with Gasteiger partial charge < -0.3 is 4.74 Å². The van der Waals surface area contributed by atoms with E-state index in [1.165, 1.54) is 11.1 Å². The van der Waals surface area contributed by atoms with Crippen molar-refractivity contribution in [3.8, 4) is 0 Å². The van der Waals surface area contributed by atoms with Gasteiger partial charge in [-0.1, -0.05) is 68.4 Å². The molecule has 4 rings (SSSR count). The predicted molar refractivity (Wildman–Crippen MR) is 98.3 cm³/mol. The lowest BCUT2D eigenvalue weighted by Gasteiger charge is -2.52. The maximum atomic E-state index is 12.9. The molecule has 1 heterocycles. The van der Waals surface area contributed by atoms with Gasteiger partial charge in [-0.25, -0.2) is 4.79 Å². The Hall–Kier alpha value is -2.29. The van der Waals surface area contributed by atoms with Crippen LogP contribution in [0.5, 0.6) is 0 Å². The van der Waals surface area contributed by atoms with E-state index in [1.54, 1.807) is 0 Å². The van der Waals surface area contributed by atoms with Crippen molar-refractivity contribution in [3.63, 3.8) is 0 Å². The van der Waals surface area contributed by atoms with Gasteiger partial charge in [-0.15, -0.1) is 0 Å². The molecule has 0 unspecified atom stereocenters. The van der Waals surface area contributed by atoms with Crippen LogP contribution in [0, 0.1) is 0 Å². The van der Waals surface area contributed by atoms with Crippen LogP contribution in [0.1, 0.15) is 50.8 Å². The Morgan fingerprint density at radius 2 is 1.52 bits per heavy atom. The second-order valence-corrected chi connectivity index (χ2v) is 8.35. The molecule has 1 aliphatic carbocycles. The van der Waals surface area contributed by atoms with Crippen LogP contribution in [0.3, 0.4) is 0 Å². The van der Waals surface area contributed by atoms with E-state index < -0.39 is 11.1 Å². The van der Waals surface area contributed by atoms with Crippen molar-refractivity contribution in [2.75, 3.05) is 0 Å². The summed E-state index contributed by atoms with van der Waals surface area (Å²) >= 11 is 0. The summed E-state index contributed by atoms with van der Waals surface area (Å²) in [4.78, 5) is 14.8. The highest BCUT2D eigenvalue weighted by molar-refractivity contribution is 5.74. The van der Waals surface area contributed by atoms with Crippen molar-refractivity contribution in [3.05, 3.63) is 71.3 Å². The fraction of sp³-hybridized carbons (Fsp3) is 0.409. The third-order valence-electron chi connectivity index (χ3n) is 6.25. The quantitative estimate of drug-likeness (QED) is 0.773. The van der Waals surface area contributed by atoms with Crippen LogP contribution in [0.4, 0.5) is 4.79 Å². The monoisotopic (exact) mass is 335 g/mol. The van der Waals surface area contributed by atoms with E-state index in [1.807, 2.05) is 23.1 Å². The number of hydrogen-bond donors (Lipinski definition) is 0. The molecule has 1 saturated heterocycles. The molecule has 2 aromatic carbocycles. The molecule has 2 atom stereocenters. The molecule has 1 amide bonds. The first-order chi connectivity index (χ1) is 11.8. The highest BCUT2D eigenvalue weighted by atomic mass is 16.6. The summed E-state index contributed by atoms with van der Waals surface area (Å²) in [6.45, 7) is 9.29. The summed E-state index contributed by atoms with van der Waals surface area (Å²) in [5.74, 6) is 0. The van der Waals surface area contributed by atoms with Gasteiger partial charge in [0.2, 0.25) is 0 Å². The number of benzene rings is 2. The molecule has 3 nitrogen and oxygen atoms in total. The Balaban J connectivity index is 1.88. The number of carbonyl (C=O) groups excluding carboxylic acids is 1. The molecule has 0 bridgehead atoms. The van der Waals surface area contributed by atoms with Gasteiger partial charge in [0.15, 0.2) is 0 Å². The number of hydrogen-bond acceptors (Lipinski definition) is 2. The molecule has 3 heteroatoms. The highest BCUT2D eigenvalue weighted by Crippen LogP contribution is 2.58. The lowest BCUT2D eigenvalue weighted by molar-refractivity contribution is -0.0303. The largest absolute Gasteiger partial charge is 0.440 e. The molecule has 25 heavy (non-hydrogen) atoms. The fourth-order valence-corrected chi connectivity index (χ4v) is 4.88. The van der Waals surface area contributed by atoms with Gasteiger partial charge in [0.05, 0.1) is 6.54 Å². The Labute approximate surface area is 149 Å². The van der Waals surface area contributed by atoms with Gasteiger partial charge in [0.1, 0.15) is 11.1 Å². The number of nitrogens with zero attached hydrogens (tertiary/aromatic N) is 1. The molecule has 2 aliphatic rings. The Bertz CT molecular complexity index is 829. The van der Waals surface area contributed by atoms with Gasteiger partial charge in [0.25, 0.3) is 0 Å². The zero-order valence-corrected chi connectivity index (χ0v) is 15.4. The number of carbonyl (C=O) groups is 1. The second kappa shape index (κ2) is 5.10. The smallest absolute Gasteiger partial charge is 0.411 e. The Kier molecular flexibility index (Phi) is 3.31. The molecule has 0 N–H and O–H groups in total.